The van der Waals surface area contributed by atoms with Gasteiger partial charge in [-0.1, -0.05) is 12.1 Å². The van der Waals surface area contributed by atoms with E-state index < -0.39 is 0 Å². The highest BCUT2D eigenvalue weighted by Crippen LogP contribution is 2.12. The molecule has 0 aliphatic carbocycles. The Hall–Kier alpha value is -1.55. The molecule has 0 radical (unpaired) electrons. The first kappa shape index (κ1) is 12.9. The summed E-state index contributed by atoms with van der Waals surface area (Å²) >= 11 is 0. The van der Waals surface area contributed by atoms with Gasteiger partial charge in [0, 0.05) is 19.0 Å². The molecule has 1 heterocycles. The molecular formula is C14H20N2O2. The van der Waals surface area contributed by atoms with E-state index in [4.69, 9.17) is 0 Å². The first-order valence-electron chi connectivity index (χ1n) is 6.39. The third-order valence-electron chi connectivity index (χ3n) is 3.31. The Kier molecular flexibility index (Phi) is 4.20. The van der Waals surface area contributed by atoms with Gasteiger partial charge in [-0.05, 0) is 44.1 Å². The number of aryl methyl sites for hydroxylation is 1. The molecule has 18 heavy (non-hydrogen) atoms. The molecule has 1 aliphatic heterocycles. The Morgan fingerprint density at radius 1 is 1.56 bits per heavy atom. The summed E-state index contributed by atoms with van der Waals surface area (Å²) in [6.07, 6.45) is 2.18. The van der Waals surface area contributed by atoms with Gasteiger partial charge in [0.2, 0.25) is 5.91 Å². The van der Waals surface area contributed by atoms with Gasteiger partial charge in [-0.25, -0.2) is 0 Å². The monoisotopic (exact) mass is 248 g/mol. The van der Waals surface area contributed by atoms with E-state index in [1.54, 1.807) is 18.2 Å². The van der Waals surface area contributed by atoms with Crippen LogP contribution in [0, 0.1) is 0 Å². The smallest absolute Gasteiger partial charge is 0.220 e. The van der Waals surface area contributed by atoms with Crippen molar-refractivity contribution in [2.24, 2.45) is 0 Å². The first-order valence-corrected chi connectivity index (χ1v) is 6.39. The number of likely N-dealkylation sites (tertiary alicyclic amines) is 1. The highest BCUT2D eigenvalue weighted by atomic mass is 16.3. The van der Waals surface area contributed by atoms with Crippen molar-refractivity contribution in [3.8, 4) is 5.75 Å². The summed E-state index contributed by atoms with van der Waals surface area (Å²) in [5.41, 5.74) is 0.994. The van der Waals surface area contributed by atoms with Crippen molar-refractivity contribution in [2.45, 2.75) is 25.3 Å². The van der Waals surface area contributed by atoms with Gasteiger partial charge in [-0.3, -0.25) is 4.79 Å². The van der Waals surface area contributed by atoms with Gasteiger partial charge < -0.3 is 15.3 Å². The number of phenols is 1. The summed E-state index contributed by atoms with van der Waals surface area (Å²) in [4.78, 5) is 14.0. The van der Waals surface area contributed by atoms with Crippen molar-refractivity contribution >= 4 is 5.91 Å². The van der Waals surface area contributed by atoms with Crippen LogP contribution in [0.15, 0.2) is 24.3 Å². The van der Waals surface area contributed by atoms with E-state index in [0.717, 1.165) is 25.1 Å². The van der Waals surface area contributed by atoms with E-state index in [0.29, 0.717) is 18.9 Å². The van der Waals surface area contributed by atoms with Crippen LogP contribution in [-0.4, -0.2) is 42.1 Å². The minimum absolute atomic E-state index is 0.0960. The Labute approximate surface area is 108 Å². The maximum atomic E-state index is 11.8. The summed E-state index contributed by atoms with van der Waals surface area (Å²) in [5, 5.41) is 12.4. The summed E-state index contributed by atoms with van der Waals surface area (Å²) in [7, 11) is 2.07. The Bertz CT molecular complexity index is 420. The van der Waals surface area contributed by atoms with Crippen LogP contribution in [0.4, 0.5) is 0 Å². The molecule has 2 rings (SSSR count). The number of likely N-dealkylation sites (N-methyl/N-ethyl adjacent to an activating group) is 1. The highest BCUT2D eigenvalue weighted by molar-refractivity contribution is 5.76. The second kappa shape index (κ2) is 5.87. The lowest BCUT2D eigenvalue weighted by Gasteiger charge is -2.12. The van der Waals surface area contributed by atoms with Crippen LogP contribution in [0.3, 0.4) is 0 Å². The zero-order chi connectivity index (χ0) is 13.0. The number of carbonyl (C=O) groups excluding carboxylic acids is 1. The molecule has 0 bridgehead atoms. The average Bonchev–Trinajstić information content (AvgIpc) is 2.72. The van der Waals surface area contributed by atoms with Crippen molar-refractivity contribution in [1.82, 2.24) is 10.2 Å². The summed E-state index contributed by atoms with van der Waals surface area (Å²) in [6.45, 7) is 2.00. The lowest BCUT2D eigenvalue weighted by molar-refractivity contribution is -0.121. The topological polar surface area (TPSA) is 52.6 Å². The number of nitrogens with one attached hydrogen (secondary N) is 1. The van der Waals surface area contributed by atoms with E-state index in [1.807, 2.05) is 6.07 Å². The van der Waals surface area contributed by atoms with Crippen LogP contribution in [-0.2, 0) is 11.2 Å². The molecule has 4 nitrogen and oxygen atoms in total. The molecule has 1 saturated heterocycles. The molecule has 0 saturated carbocycles. The molecule has 1 aromatic carbocycles. The standard InChI is InChI=1S/C14H20N2O2/c1-16-8-7-12(10-16)15-14(18)6-5-11-3-2-4-13(17)9-11/h2-4,9,12,17H,5-8,10H2,1H3,(H,15,18)/t12-/m1/s1. The molecule has 1 atom stereocenters. The third kappa shape index (κ3) is 3.74. The minimum atomic E-state index is 0.0960. The number of hydrogen-bond acceptors (Lipinski definition) is 3. The molecule has 1 aliphatic rings. The zero-order valence-corrected chi connectivity index (χ0v) is 10.7. The van der Waals surface area contributed by atoms with Gasteiger partial charge >= 0.3 is 0 Å². The van der Waals surface area contributed by atoms with Crippen LogP contribution >= 0.6 is 0 Å². The number of benzene rings is 1. The number of nitrogens with zero attached hydrogens (tertiary/aromatic N) is 1. The maximum absolute atomic E-state index is 11.8. The maximum Gasteiger partial charge on any atom is 0.220 e. The lowest BCUT2D eigenvalue weighted by atomic mass is 10.1. The van der Waals surface area contributed by atoms with Crippen LogP contribution in [0.25, 0.3) is 0 Å². The zero-order valence-electron chi connectivity index (χ0n) is 10.7. The molecule has 98 valence electrons. The van der Waals surface area contributed by atoms with Gasteiger partial charge in [0.1, 0.15) is 5.75 Å². The predicted octanol–water partition coefficient (Wildman–Crippen LogP) is 1.15. The van der Waals surface area contributed by atoms with E-state index >= 15 is 0 Å². The van der Waals surface area contributed by atoms with Crippen LogP contribution < -0.4 is 5.32 Å². The van der Waals surface area contributed by atoms with E-state index in [2.05, 4.69) is 17.3 Å². The molecule has 1 fully saturated rings. The van der Waals surface area contributed by atoms with E-state index in [9.17, 15) is 9.90 Å². The van der Waals surface area contributed by atoms with Crippen LogP contribution in [0.5, 0.6) is 5.75 Å². The average molecular weight is 248 g/mol. The summed E-state index contributed by atoms with van der Waals surface area (Å²) < 4.78 is 0. The normalized spacial score (nSPS) is 19.9. The van der Waals surface area contributed by atoms with Crippen molar-refractivity contribution < 1.29 is 9.90 Å². The number of aromatic hydroxyl groups is 1. The quantitative estimate of drug-likeness (QED) is 0.840. The van der Waals surface area contributed by atoms with Crippen LogP contribution in [0.2, 0.25) is 0 Å². The Balaban J connectivity index is 1.75. The number of carbonyl (C=O) groups is 1. The summed E-state index contributed by atoms with van der Waals surface area (Å²) in [5.74, 6) is 0.351. The number of phenolic OH excluding ortho intramolecular Hbond substituents is 1. The van der Waals surface area contributed by atoms with Crippen molar-refractivity contribution in [3.63, 3.8) is 0 Å². The van der Waals surface area contributed by atoms with Gasteiger partial charge in [0.15, 0.2) is 0 Å². The molecule has 0 unspecified atom stereocenters. The molecule has 2 N–H and O–H groups in total. The molecule has 0 aromatic heterocycles. The minimum Gasteiger partial charge on any atom is -0.508 e. The lowest BCUT2D eigenvalue weighted by Crippen LogP contribution is -2.36. The highest BCUT2D eigenvalue weighted by Gasteiger charge is 2.20. The molecular weight excluding hydrogens is 228 g/mol. The SMILES string of the molecule is CN1CC[C@@H](NC(=O)CCc2cccc(O)c2)C1. The van der Waals surface area contributed by atoms with Crippen molar-refractivity contribution in [3.05, 3.63) is 29.8 Å². The van der Waals surface area contributed by atoms with Gasteiger partial charge in [-0.2, -0.15) is 0 Å². The Morgan fingerprint density at radius 3 is 3.06 bits per heavy atom. The molecule has 4 heteroatoms. The van der Waals surface area contributed by atoms with Crippen molar-refractivity contribution in [2.75, 3.05) is 20.1 Å². The fourth-order valence-corrected chi connectivity index (χ4v) is 2.32. The number of amides is 1. The van der Waals surface area contributed by atoms with Gasteiger partial charge in [-0.15, -0.1) is 0 Å². The molecule has 1 amide bonds. The van der Waals surface area contributed by atoms with Gasteiger partial charge in [0.05, 0.1) is 0 Å². The fraction of sp³-hybridized carbons (Fsp3) is 0.500. The fourth-order valence-electron chi connectivity index (χ4n) is 2.32. The van der Waals surface area contributed by atoms with Crippen molar-refractivity contribution in [1.29, 1.82) is 0 Å². The number of hydrogen-bond donors (Lipinski definition) is 2. The molecule has 1 aromatic rings. The molecule has 0 spiro atoms. The third-order valence-corrected chi connectivity index (χ3v) is 3.31. The number of rotatable bonds is 4. The second-order valence-electron chi connectivity index (χ2n) is 4.99. The summed E-state index contributed by atoms with van der Waals surface area (Å²) in [6, 6.07) is 7.37. The van der Waals surface area contributed by atoms with Gasteiger partial charge in [0.25, 0.3) is 0 Å². The van der Waals surface area contributed by atoms with E-state index in [1.165, 1.54) is 0 Å². The first-order chi connectivity index (χ1) is 8.63. The second-order valence-corrected chi connectivity index (χ2v) is 4.99. The Morgan fingerprint density at radius 2 is 2.39 bits per heavy atom. The van der Waals surface area contributed by atoms with Crippen LogP contribution in [0.1, 0.15) is 18.4 Å². The van der Waals surface area contributed by atoms with E-state index in [-0.39, 0.29) is 11.7 Å². The largest absolute Gasteiger partial charge is 0.508 e. The predicted molar refractivity (Wildman–Crippen MR) is 70.5 cm³/mol.